The lowest BCUT2D eigenvalue weighted by Gasteiger charge is -2.34. The van der Waals surface area contributed by atoms with Crippen LogP contribution in [0.5, 0.6) is 5.75 Å². The fourth-order valence-corrected chi connectivity index (χ4v) is 8.34. The Labute approximate surface area is 306 Å². The molecule has 1 aliphatic rings. The van der Waals surface area contributed by atoms with Crippen molar-refractivity contribution in [3.63, 3.8) is 0 Å². The molecule has 7 rings (SSSR count). The third-order valence-corrected chi connectivity index (χ3v) is 11.3. The molecule has 0 fully saturated rings. The number of aryl methyl sites for hydroxylation is 7. The van der Waals surface area contributed by atoms with E-state index in [-0.39, 0.29) is 24.1 Å². The summed E-state index contributed by atoms with van der Waals surface area (Å²) in [5, 5.41) is 18.1. The van der Waals surface area contributed by atoms with Crippen molar-refractivity contribution in [3.8, 4) is 16.9 Å². The summed E-state index contributed by atoms with van der Waals surface area (Å²) >= 11 is 13.5. The third kappa shape index (κ3) is 5.49. The average Bonchev–Trinajstić information content (AvgIpc) is 3.65. The number of carboxylic acids is 1. The Morgan fingerprint density at radius 3 is 2.33 bits per heavy atom. The summed E-state index contributed by atoms with van der Waals surface area (Å²) in [6, 6.07) is 13.3. The molecule has 0 aliphatic carbocycles. The van der Waals surface area contributed by atoms with Gasteiger partial charge in [-0.05, 0) is 101 Å². The van der Waals surface area contributed by atoms with E-state index < -0.39 is 5.97 Å². The summed E-state index contributed by atoms with van der Waals surface area (Å²) in [5.74, 6) is -0.209. The van der Waals surface area contributed by atoms with E-state index in [0.29, 0.717) is 41.4 Å². The lowest BCUT2D eigenvalue weighted by molar-refractivity contribution is 0.0699. The Bertz CT molecular complexity index is 2410. The Balaban J connectivity index is 1.40. The van der Waals surface area contributed by atoms with Gasteiger partial charge in [-0.3, -0.25) is 14.4 Å². The molecular weight excluding hydrogens is 685 g/mol. The van der Waals surface area contributed by atoms with E-state index in [9.17, 15) is 9.90 Å². The molecule has 0 radical (unpaired) electrons. The molecule has 1 amide bonds. The SMILES string of the molecule is Cc1ccc2c(c1)c(C(=O)O)c(N1C[C@@H](C)n3c(c(CCCOc4cc(C)c(Cl)c(C)c4)c4ccc(Cl)c(-c5c(C)nn(C)c5C)c43)C1=O)n2C. The van der Waals surface area contributed by atoms with Gasteiger partial charge in [-0.2, -0.15) is 5.10 Å². The van der Waals surface area contributed by atoms with Gasteiger partial charge in [0.05, 0.1) is 28.4 Å². The van der Waals surface area contributed by atoms with Crippen molar-refractivity contribution in [2.75, 3.05) is 18.1 Å². The van der Waals surface area contributed by atoms with Crippen molar-refractivity contribution in [2.24, 2.45) is 14.1 Å². The van der Waals surface area contributed by atoms with Crippen LogP contribution >= 0.6 is 23.2 Å². The minimum atomic E-state index is -1.07. The van der Waals surface area contributed by atoms with E-state index in [4.69, 9.17) is 33.0 Å². The molecule has 1 aliphatic heterocycles. The number of carbonyl (C=O) groups excluding carboxylic acids is 1. The van der Waals surface area contributed by atoms with Gasteiger partial charge in [0.2, 0.25) is 0 Å². The Hall–Kier alpha value is -4.73. The molecule has 6 aromatic rings. The van der Waals surface area contributed by atoms with Gasteiger partial charge in [-0.15, -0.1) is 0 Å². The lowest BCUT2D eigenvalue weighted by atomic mass is 9.98. The van der Waals surface area contributed by atoms with Gasteiger partial charge >= 0.3 is 5.97 Å². The topological polar surface area (TPSA) is 94.5 Å². The highest BCUT2D eigenvalue weighted by Gasteiger charge is 2.39. The van der Waals surface area contributed by atoms with E-state index in [2.05, 4.69) is 11.5 Å². The predicted molar refractivity (Wildman–Crippen MR) is 204 cm³/mol. The first-order valence-electron chi connectivity index (χ1n) is 17.1. The van der Waals surface area contributed by atoms with Crippen molar-refractivity contribution in [3.05, 3.63) is 97.4 Å². The van der Waals surface area contributed by atoms with Crippen LogP contribution in [-0.4, -0.2) is 49.0 Å². The number of hydrogen-bond acceptors (Lipinski definition) is 4. The molecule has 9 nitrogen and oxygen atoms in total. The van der Waals surface area contributed by atoms with E-state index in [1.165, 1.54) is 0 Å². The smallest absolute Gasteiger partial charge is 0.340 e. The molecule has 3 aromatic heterocycles. The van der Waals surface area contributed by atoms with Gasteiger partial charge in [0.25, 0.3) is 5.91 Å². The van der Waals surface area contributed by atoms with Gasteiger partial charge in [0.15, 0.2) is 0 Å². The molecular formula is C40H41Cl2N5O4. The summed E-state index contributed by atoms with van der Waals surface area (Å²) in [7, 11) is 3.74. The van der Waals surface area contributed by atoms with Crippen LogP contribution in [0.4, 0.5) is 5.82 Å². The summed E-state index contributed by atoms with van der Waals surface area (Å²) < 4.78 is 12.0. The van der Waals surface area contributed by atoms with Gasteiger partial charge in [0.1, 0.15) is 22.8 Å². The number of amides is 1. The molecule has 51 heavy (non-hydrogen) atoms. The highest BCUT2D eigenvalue weighted by Crippen LogP contribution is 2.46. The molecule has 1 atom stereocenters. The number of carboxylic acid groups (broad SMARTS) is 1. The lowest BCUT2D eigenvalue weighted by Crippen LogP contribution is -2.44. The average molecular weight is 727 g/mol. The zero-order chi connectivity index (χ0) is 36.6. The van der Waals surface area contributed by atoms with Gasteiger partial charge < -0.3 is 19.0 Å². The van der Waals surface area contributed by atoms with Gasteiger partial charge in [-0.25, -0.2) is 4.79 Å². The minimum Gasteiger partial charge on any atom is -0.494 e. The number of aromatic nitrogens is 4. The normalized spacial score (nSPS) is 14.6. The van der Waals surface area contributed by atoms with Crippen LogP contribution in [0.2, 0.25) is 10.0 Å². The number of benzene rings is 3. The van der Waals surface area contributed by atoms with Gasteiger partial charge in [-0.1, -0.05) is 40.9 Å². The van der Waals surface area contributed by atoms with Crippen LogP contribution in [0.3, 0.4) is 0 Å². The molecule has 4 heterocycles. The van der Waals surface area contributed by atoms with Crippen molar-refractivity contribution in [2.45, 2.75) is 60.4 Å². The standard InChI is InChI=1S/C40H41Cl2N5O4/c1-20-11-14-31-29(16-20)33(40(49)50)38(44(31)7)46-19-23(4)47-36-28(12-13-30(41)34(36)32-24(5)43-45(8)25(32)6)27(37(47)39(46)48)10-9-15-51-26-17-21(2)35(42)22(3)18-26/h11-14,16-18,23H,9-10,15,19H2,1-8H3,(H,49,50)/t23-/m1/s1. The maximum atomic E-state index is 15.1. The van der Waals surface area contributed by atoms with Crippen molar-refractivity contribution < 1.29 is 19.4 Å². The monoisotopic (exact) mass is 725 g/mol. The maximum Gasteiger partial charge on any atom is 0.340 e. The Kier molecular flexibility index (Phi) is 8.71. The second-order valence-corrected chi connectivity index (χ2v) is 14.6. The number of carbonyl (C=O) groups is 2. The fraction of sp³-hybridized carbons (Fsp3) is 0.325. The van der Waals surface area contributed by atoms with E-state index in [1.807, 2.05) is 100 Å². The molecule has 0 spiro atoms. The Morgan fingerprint density at radius 2 is 1.69 bits per heavy atom. The first-order chi connectivity index (χ1) is 24.2. The Morgan fingerprint density at radius 1 is 0.980 bits per heavy atom. The van der Waals surface area contributed by atoms with E-state index >= 15 is 4.79 Å². The molecule has 3 aromatic carbocycles. The van der Waals surface area contributed by atoms with Crippen molar-refractivity contribution in [1.29, 1.82) is 0 Å². The first kappa shape index (κ1) is 34.7. The highest BCUT2D eigenvalue weighted by atomic mass is 35.5. The maximum absolute atomic E-state index is 15.1. The highest BCUT2D eigenvalue weighted by molar-refractivity contribution is 6.35. The number of nitrogens with zero attached hydrogens (tertiary/aromatic N) is 5. The largest absolute Gasteiger partial charge is 0.494 e. The number of rotatable bonds is 8. The molecule has 11 heteroatoms. The molecule has 264 valence electrons. The summed E-state index contributed by atoms with van der Waals surface area (Å²) in [4.78, 5) is 29.6. The number of halogens is 2. The fourth-order valence-electron chi connectivity index (χ4n) is 7.98. The van der Waals surface area contributed by atoms with E-state index in [0.717, 1.165) is 72.0 Å². The third-order valence-electron chi connectivity index (χ3n) is 10.4. The number of ether oxygens (including phenoxy) is 1. The van der Waals surface area contributed by atoms with Crippen LogP contribution in [0, 0.1) is 34.6 Å². The molecule has 0 unspecified atom stereocenters. The number of aromatic carboxylic acids is 1. The quantitative estimate of drug-likeness (QED) is 0.158. The number of hydrogen-bond donors (Lipinski definition) is 1. The second-order valence-electron chi connectivity index (χ2n) is 13.9. The van der Waals surface area contributed by atoms with Crippen LogP contribution in [0.15, 0.2) is 42.5 Å². The zero-order valence-electron chi connectivity index (χ0n) is 30.1. The van der Waals surface area contributed by atoms with Crippen LogP contribution in [-0.2, 0) is 20.5 Å². The zero-order valence-corrected chi connectivity index (χ0v) is 31.6. The van der Waals surface area contributed by atoms with Gasteiger partial charge in [0, 0.05) is 59.3 Å². The summed E-state index contributed by atoms with van der Waals surface area (Å²) in [6.07, 6.45) is 1.17. The van der Waals surface area contributed by atoms with Crippen molar-refractivity contribution in [1.82, 2.24) is 18.9 Å². The molecule has 0 saturated carbocycles. The second kappa shape index (κ2) is 12.8. The van der Waals surface area contributed by atoms with Crippen LogP contribution in [0.1, 0.15) is 73.9 Å². The van der Waals surface area contributed by atoms with E-state index in [1.54, 1.807) is 4.90 Å². The first-order valence-corrected chi connectivity index (χ1v) is 17.9. The molecule has 0 bridgehead atoms. The van der Waals surface area contributed by atoms with Crippen molar-refractivity contribution >= 4 is 62.7 Å². The molecule has 0 saturated heterocycles. The predicted octanol–water partition coefficient (Wildman–Crippen LogP) is 9.31. The van der Waals surface area contributed by atoms with Crippen LogP contribution < -0.4 is 9.64 Å². The number of fused-ring (bicyclic) bond motifs is 4. The minimum absolute atomic E-state index is 0.121. The number of anilines is 1. The summed E-state index contributed by atoms with van der Waals surface area (Å²) in [6.45, 7) is 12.6. The van der Waals surface area contributed by atoms with Crippen LogP contribution in [0.25, 0.3) is 32.9 Å². The molecule has 1 N–H and O–H groups in total. The summed E-state index contributed by atoms with van der Waals surface area (Å²) in [5.41, 5.74) is 9.60.